The molecule has 0 unspecified atom stereocenters. The number of imide groups is 1. The van der Waals surface area contributed by atoms with Crippen molar-refractivity contribution >= 4 is 29.3 Å². The highest BCUT2D eigenvalue weighted by molar-refractivity contribution is 6.15. The molecule has 3 aliphatic heterocycles. The number of benzene rings is 2. The molecule has 1 spiro atoms. The number of carbonyl (C=O) groups excluding carboxylic acids is 4. The Morgan fingerprint density at radius 1 is 1.12 bits per heavy atom. The summed E-state index contributed by atoms with van der Waals surface area (Å²) in [7, 11) is 1.52. The largest absolute Gasteiger partial charge is 0.496 e. The third kappa shape index (κ3) is 2.88. The molecule has 3 heterocycles. The summed E-state index contributed by atoms with van der Waals surface area (Å²) < 4.78 is 5.38. The number of hydrogen-bond acceptors (Lipinski definition) is 6. The maximum Gasteiger partial charge on any atom is 0.250 e. The first-order valence-electron chi connectivity index (χ1n) is 10.7. The average Bonchev–Trinajstić information content (AvgIpc) is 3.35. The lowest BCUT2D eigenvalue weighted by atomic mass is 9.76. The van der Waals surface area contributed by atoms with Gasteiger partial charge in [-0.05, 0) is 18.6 Å². The molecule has 0 aliphatic carbocycles. The SMILES string of the molecule is COc1ccccc1CN1C(=O)[C@H]2[C@@H](C1=O)[C@@]1(N[C@@H]2CC(N)=O)C(=O)Nc2c(C)cccc21. The minimum atomic E-state index is -1.45. The van der Waals surface area contributed by atoms with Crippen molar-refractivity contribution in [2.45, 2.75) is 31.5 Å². The minimum absolute atomic E-state index is 0.0103. The summed E-state index contributed by atoms with van der Waals surface area (Å²) in [6, 6.07) is 11.8. The molecule has 9 nitrogen and oxygen atoms in total. The number of likely N-dealkylation sites (tertiary alicyclic amines) is 1. The number of fused-ring (bicyclic) bond motifs is 4. The second-order valence-corrected chi connectivity index (χ2v) is 8.76. The molecule has 0 bridgehead atoms. The van der Waals surface area contributed by atoms with Crippen molar-refractivity contribution < 1.29 is 23.9 Å². The molecular formula is C24H24N4O5. The van der Waals surface area contributed by atoms with E-state index >= 15 is 0 Å². The smallest absolute Gasteiger partial charge is 0.250 e. The highest BCUT2D eigenvalue weighted by Crippen LogP contribution is 2.54. The summed E-state index contributed by atoms with van der Waals surface area (Å²) in [6.45, 7) is 1.87. The van der Waals surface area contributed by atoms with Crippen LogP contribution >= 0.6 is 0 Å². The van der Waals surface area contributed by atoms with Gasteiger partial charge in [0.25, 0.3) is 0 Å². The van der Waals surface area contributed by atoms with Crippen LogP contribution in [0.2, 0.25) is 0 Å². The van der Waals surface area contributed by atoms with Crippen LogP contribution in [0.3, 0.4) is 0 Å². The molecule has 4 N–H and O–H groups in total. The molecule has 4 atom stereocenters. The number of methoxy groups -OCH3 is 1. The summed E-state index contributed by atoms with van der Waals surface area (Å²) >= 11 is 0. The van der Waals surface area contributed by atoms with E-state index in [0.717, 1.165) is 5.56 Å². The van der Waals surface area contributed by atoms with E-state index < -0.39 is 47.0 Å². The van der Waals surface area contributed by atoms with Gasteiger partial charge in [0.05, 0.1) is 25.5 Å². The van der Waals surface area contributed by atoms with Gasteiger partial charge in [-0.1, -0.05) is 36.4 Å². The Morgan fingerprint density at radius 3 is 2.61 bits per heavy atom. The fourth-order valence-electron chi connectivity index (χ4n) is 5.59. The van der Waals surface area contributed by atoms with Crippen molar-refractivity contribution in [3.8, 4) is 5.75 Å². The monoisotopic (exact) mass is 448 g/mol. The normalized spacial score (nSPS) is 27.6. The number of hydrogen-bond donors (Lipinski definition) is 3. The Kier molecular flexibility index (Phi) is 4.75. The second kappa shape index (κ2) is 7.41. The van der Waals surface area contributed by atoms with E-state index in [2.05, 4.69) is 10.6 Å². The van der Waals surface area contributed by atoms with Crippen LogP contribution in [-0.4, -0.2) is 41.7 Å². The van der Waals surface area contributed by atoms with Gasteiger partial charge < -0.3 is 15.8 Å². The fourth-order valence-corrected chi connectivity index (χ4v) is 5.59. The first-order chi connectivity index (χ1) is 15.8. The van der Waals surface area contributed by atoms with Gasteiger partial charge in [-0.2, -0.15) is 0 Å². The molecule has 4 amide bonds. The van der Waals surface area contributed by atoms with Crippen LogP contribution in [-0.2, 0) is 31.3 Å². The number of ether oxygens (including phenoxy) is 1. The lowest BCUT2D eigenvalue weighted by Gasteiger charge is -2.29. The summed E-state index contributed by atoms with van der Waals surface area (Å²) in [5, 5.41) is 6.08. The molecule has 2 aromatic rings. The molecule has 0 radical (unpaired) electrons. The maximum absolute atomic E-state index is 13.8. The van der Waals surface area contributed by atoms with Crippen LogP contribution in [0.25, 0.3) is 0 Å². The van der Waals surface area contributed by atoms with Crippen LogP contribution < -0.4 is 21.1 Å². The van der Waals surface area contributed by atoms with Crippen molar-refractivity contribution in [1.82, 2.24) is 10.2 Å². The van der Waals surface area contributed by atoms with Crippen molar-refractivity contribution in [3.05, 3.63) is 59.2 Å². The number of anilines is 1. The Bertz CT molecular complexity index is 1210. The fraction of sp³-hybridized carbons (Fsp3) is 0.333. The van der Waals surface area contributed by atoms with Gasteiger partial charge in [0.1, 0.15) is 11.3 Å². The van der Waals surface area contributed by atoms with E-state index in [1.165, 1.54) is 12.0 Å². The molecule has 2 aromatic carbocycles. The highest BCUT2D eigenvalue weighted by Gasteiger charge is 2.70. The zero-order valence-electron chi connectivity index (χ0n) is 18.3. The number of nitrogens with one attached hydrogen (secondary N) is 2. The molecule has 2 saturated heterocycles. The maximum atomic E-state index is 13.8. The van der Waals surface area contributed by atoms with Gasteiger partial charge in [-0.3, -0.25) is 29.4 Å². The zero-order valence-corrected chi connectivity index (χ0v) is 18.3. The van der Waals surface area contributed by atoms with Crippen LogP contribution in [0.15, 0.2) is 42.5 Å². The van der Waals surface area contributed by atoms with Crippen LogP contribution in [0.1, 0.15) is 23.1 Å². The lowest BCUT2D eigenvalue weighted by Crippen LogP contribution is -2.53. The van der Waals surface area contributed by atoms with Gasteiger partial charge in [0, 0.05) is 29.3 Å². The summed E-state index contributed by atoms with van der Waals surface area (Å²) in [4.78, 5) is 53.7. The third-order valence-corrected chi connectivity index (χ3v) is 6.99. The van der Waals surface area contributed by atoms with E-state index in [1.54, 1.807) is 30.3 Å². The third-order valence-electron chi connectivity index (χ3n) is 6.99. The van der Waals surface area contributed by atoms with Crippen molar-refractivity contribution in [3.63, 3.8) is 0 Å². The topological polar surface area (TPSA) is 131 Å². The van der Waals surface area contributed by atoms with Gasteiger partial charge in [-0.25, -0.2) is 0 Å². The Hall–Kier alpha value is -3.72. The van der Waals surface area contributed by atoms with E-state index in [0.29, 0.717) is 22.6 Å². The lowest BCUT2D eigenvalue weighted by molar-refractivity contribution is -0.143. The predicted octanol–water partition coefficient (Wildman–Crippen LogP) is 0.800. The number of para-hydroxylation sites is 2. The minimum Gasteiger partial charge on any atom is -0.496 e. The molecule has 9 heteroatoms. The Labute approximate surface area is 190 Å². The van der Waals surface area contributed by atoms with Crippen LogP contribution in [0, 0.1) is 18.8 Å². The van der Waals surface area contributed by atoms with E-state index in [-0.39, 0.29) is 13.0 Å². The van der Waals surface area contributed by atoms with Crippen molar-refractivity contribution in [2.75, 3.05) is 12.4 Å². The average molecular weight is 448 g/mol. The quantitative estimate of drug-likeness (QED) is 0.580. The summed E-state index contributed by atoms with van der Waals surface area (Å²) in [5.74, 6) is -3.25. The number of nitrogens with two attached hydrogens (primary N) is 1. The standard InChI is InChI=1S/C24H24N4O5/c1-12-6-5-8-14-20(12)26-23(32)24(14)19-18(15(27-24)10-17(25)29)21(30)28(22(19)31)11-13-7-3-4-9-16(13)33-2/h3-9,15,18-19,27H,10-11H2,1-2H3,(H2,25,29)(H,26,32)/t15-,18-,19+,24-/m1/s1. The number of rotatable bonds is 5. The number of nitrogens with zero attached hydrogens (tertiary/aromatic N) is 1. The number of carbonyl (C=O) groups is 4. The number of primary amides is 1. The molecule has 170 valence electrons. The molecule has 2 fully saturated rings. The predicted molar refractivity (Wildman–Crippen MR) is 118 cm³/mol. The van der Waals surface area contributed by atoms with Gasteiger partial charge in [-0.15, -0.1) is 0 Å². The molecule has 33 heavy (non-hydrogen) atoms. The number of amides is 4. The molecular weight excluding hydrogens is 424 g/mol. The van der Waals surface area contributed by atoms with Gasteiger partial charge in [0.15, 0.2) is 0 Å². The number of aryl methyl sites for hydroxylation is 1. The Morgan fingerprint density at radius 2 is 1.88 bits per heavy atom. The highest BCUT2D eigenvalue weighted by atomic mass is 16.5. The molecule has 0 aromatic heterocycles. The first-order valence-corrected chi connectivity index (χ1v) is 10.7. The Balaban J connectivity index is 1.61. The molecule has 0 saturated carbocycles. The van der Waals surface area contributed by atoms with E-state index in [4.69, 9.17) is 10.5 Å². The summed E-state index contributed by atoms with van der Waals surface area (Å²) in [5.41, 5.74) is 6.76. The molecule has 5 rings (SSSR count). The zero-order chi connectivity index (χ0) is 23.5. The second-order valence-electron chi connectivity index (χ2n) is 8.76. The molecule has 3 aliphatic rings. The van der Waals surface area contributed by atoms with Crippen molar-refractivity contribution in [2.24, 2.45) is 17.6 Å². The van der Waals surface area contributed by atoms with E-state index in [1.807, 2.05) is 19.1 Å². The van der Waals surface area contributed by atoms with Crippen molar-refractivity contribution in [1.29, 1.82) is 0 Å². The van der Waals surface area contributed by atoms with Gasteiger partial charge >= 0.3 is 0 Å². The van der Waals surface area contributed by atoms with Gasteiger partial charge in [0.2, 0.25) is 23.6 Å². The van der Waals surface area contributed by atoms with Crippen LogP contribution in [0.5, 0.6) is 5.75 Å². The summed E-state index contributed by atoms with van der Waals surface area (Å²) in [6.07, 6.45) is -0.168. The van der Waals surface area contributed by atoms with Crippen LogP contribution in [0.4, 0.5) is 5.69 Å². The van der Waals surface area contributed by atoms with E-state index in [9.17, 15) is 19.2 Å². The first kappa shape index (κ1) is 21.1.